The number of ether oxygens (including phenoxy) is 1. The molecule has 2 saturated heterocycles. The van der Waals surface area contributed by atoms with Crippen LogP contribution >= 0.6 is 0 Å². The van der Waals surface area contributed by atoms with E-state index in [0.717, 1.165) is 19.7 Å². The molecule has 2 aliphatic heterocycles. The van der Waals surface area contributed by atoms with Gasteiger partial charge >= 0.3 is 0 Å². The summed E-state index contributed by atoms with van der Waals surface area (Å²) in [4.78, 5) is 6.68. The molecule has 2 atom stereocenters. The molecule has 0 aliphatic carbocycles. The highest BCUT2D eigenvalue weighted by Gasteiger charge is 2.33. The zero-order valence-electron chi connectivity index (χ0n) is 8.78. The number of hydrogen-bond acceptors (Lipinski definition) is 3. The monoisotopic (exact) mass is 197 g/mol. The number of nitrogens with zero attached hydrogens (tertiary/aromatic N) is 2. The van der Waals surface area contributed by atoms with Gasteiger partial charge in [-0.25, -0.2) is 0 Å². The number of morpholine rings is 1. The van der Waals surface area contributed by atoms with E-state index in [-0.39, 0.29) is 6.10 Å². The summed E-state index contributed by atoms with van der Waals surface area (Å²) in [6.07, 6.45) is 2.60. The Balaban J connectivity index is 1.94. The molecule has 4 nitrogen and oxygen atoms in total. The highest BCUT2D eigenvalue weighted by atomic mass is 16.5. The summed E-state index contributed by atoms with van der Waals surface area (Å²) in [7, 11) is 0. The largest absolute Gasteiger partial charge is 0.385 e. The molecular formula is C10H19N3O. The highest BCUT2D eigenvalue weighted by Crippen LogP contribution is 2.22. The highest BCUT2D eigenvalue weighted by molar-refractivity contribution is 5.85. The molecule has 0 aromatic carbocycles. The van der Waals surface area contributed by atoms with Crippen molar-refractivity contribution in [2.75, 3.05) is 26.2 Å². The Bertz CT molecular complexity index is 229. The number of amidine groups is 1. The summed E-state index contributed by atoms with van der Waals surface area (Å²) in [6.45, 7) is 5.69. The molecule has 0 saturated carbocycles. The molecule has 0 aromatic heterocycles. The van der Waals surface area contributed by atoms with Gasteiger partial charge in [0.1, 0.15) is 11.9 Å². The van der Waals surface area contributed by atoms with Gasteiger partial charge in [-0.3, -0.25) is 9.89 Å². The smallest absolute Gasteiger partial charge is 0.127 e. The summed E-state index contributed by atoms with van der Waals surface area (Å²) in [5.74, 6) is 0.665. The van der Waals surface area contributed by atoms with Crippen LogP contribution in [0.25, 0.3) is 0 Å². The molecule has 4 heteroatoms. The summed E-state index contributed by atoms with van der Waals surface area (Å²) in [5.41, 5.74) is 5.84. The first-order valence-corrected chi connectivity index (χ1v) is 5.46. The summed E-state index contributed by atoms with van der Waals surface area (Å²) in [5, 5.41) is 0. The molecule has 2 N–H and O–H groups in total. The van der Waals surface area contributed by atoms with Crippen molar-refractivity contribution in [3.05, 3.63) is 0 Å². The van der Waals surface area contributed by atoms with Crippen molar-refractivity contribution in [3.8, 4) is 0 Å². The van der Waals surface area contributed by atoms with Gasteiger partial charge in [-0.2, -0.15) is 0 Å². The van der Waals surface area contributed by atoms with Gasteiger partial charge < -0.3 is 10.5 Å². The van der Waals surface area contributed by atoms with Gasteiger partial charge in [0.2, 0.25) is 0 Å². The third kappa shape index (κ3) is 1.91. The van der Waals surface area contributed by atoms with E-state index in [1.807, 2.05) is 6.92 Å². The van der Waals surface area contributed by atoms with Crippen LogP contribution in [-0.2, 0) is 4.74 Å². The molecule has 80 valence electrons. The third-order valence-corrected chi connectivity index (χ3v) is 3.06. The molecule has 0 amide bonds. The molecule has 2 aliphatic rings. The van der Waals surface area contributed by atoms with Crippen LogP contribution in [0.3, 0.4) is 0 Å². The fourth-order valence-electron chi connectivity index (χ4n) is 2.28. The van der Waals surface area contributed by atoms with Gasteiger partial charge in [0.05, 0.1) is 6.61 Å². The Hall–Kier alpha value is -0.610. The standard InChI is InChI=1S/C10H19N3O/c1-2-12-10(11)9-6-13-5-3-4-8(13)7-14-9/h8-9H,2-7H2,1H3,(H2,11,12). The lowest BCUT2D eigenvalue weighted by Gasteiger charge is -2.34. The molecular weight excluding hydrogens is 178 g/mol. The van der Waals surface area contributed by atoms with Gasteiger partial charge in [0, 0.05) is 19.1 Å². The molecule has 0 spiro atoms. The van der Waals surface area contributed by atoms with Crippen molar-refractivity contribution in [2.24, 2.45) is 10.7 Å². The predicted molar refractivity (Wildman–Crippen MR) is 56.5 cm³/mol. The van der Waals surface area contributed by atoms with Crippen molar-refractivity contribution in [1.82, 2.24) is 4.90 Å². The number of aliphatic imine (C=N–C) groups is 1. The second-order valence-electron chi connectivity index (χ2n) is 4.01. The van der Waals surface area contributed by atoms with E-state index in [2.05, 4.69) is 9.89 Å². The van der Waals surface area contributed by atoms with Crippen molar-refractivity contribution in [1.29, 1.82) is 0 Å². The van der Waals surface area contributed by atoms with E-state index >= 15 is 0 Å². The Morgan fingerprint density at radius 3 is 3.29 bits per heavy atom. The molecule has 2 unspecified atom stereocenters. The second kappa shape index (κ2) is 4.28. The lowest BCUT2D eigenvalue weighted by molar-refractivity contribution is -0.0167. The Morgan fingerprint density at radius 1 is 1.64 bits per heavy atom. The second-order valence-corrected chi connectivity index (χ2v) is 4.01. The van der Waals surface area contributed by atoms with Crippen molar-refractivity contribution >= 4 is 5.84 Å². The van der Waals surface area contributed by atoms with Gasteiger partial charge in [-0.05, 0) is 26.3 Å². The number of nitrogens with two attached hydrogens (primary N) is 1. The first kappa shape index (κ1) is 9.93. The average Bonchev–Trinajstić information content (AvgIpc) is 2.64. The van der Waals surface area contributed by atoms with Gasteiger partial charge in [-0.15, -0.1) is 0 Å². The molecule has 2 fully saturated rings. The Labute approximate surface area is 85.1 Å². The van der Waals surface area contributed by atoms with Crippen LogP contribution < -0.4 is 5.73 Å². The Kier molecular flexibility index (Phi) is 3.03. The molecule has 0 aromatic rings. The van der Waals surface area contributed by atoms with Crippen LogP contribution in [0.1, 0.15) is 19.8 Å². The third-order valence-electron chi connectivity index (χ3n) is 3.06. The molecule has 2 rings (SSSR count). The van der Waals surface area contributed by atoms with E-state index < -0.39 is 0 Å². The van der Waals surface area contributed by atoms with Crippen LogP contribution in [0.5, 0.6) is 0 Å². The fourth-order valence-corrected chi connectivity index (χ4v) is 2.28. The molecule has 0 radical (unpaired) electrons. The van der Waals surface area contributed by atoms with E-state index in [1.54, 1.807) is 0 Å². The molecule has 2 heterocycles. The van der Waals surface area contributed by atoms with Crippen LogP contribution in [0.2, 0.25) is 0 Å². The lowest BCUT2D eigenvalue weighted by atomic mass is 10.2. The van der Waals surface area contributed by atoms with E-state index in [1.165, 1.54) is 19.4 Å². The molecule has 14 heavy (non-hydrogen) atoms. The SMILES string of the molecule is CCN=C(N)C1CN2CCCC2CO1. The number of fused-ring (bicyclic) bond motifs is 1. The first-order valence-electron chi connectivity index (χ1n) is 5.46. The lowest BCUT2D eigenvalue weighted by Crippen LogP contribution is -2.51. The average molecular weight is 197 g/mol. The van der Waals surface area contributed by atoms with Crippen LogP contribution in [0.4, 0.5) is 0 Å². The van der Waals surface area contributed by atoms with Gasteiger partial charge in [-0.1, -0.05) is 0 Å². The minimum absolute atomic E-state index is 0.0318. The predicted octanol–water partition coefficient (Wildman–Crippen LogP) is 0.227. The zero-order chi connectivity index (χ0) is 9.97. The summed E-state index contributed by atoms with van der Waals surface area (Å²) in [6, 6.07) is 0.640. The zero-order valence-corrected chi connectivity index (χ0v) is 8.78. The fraction of sp³-hybridized carbons (Fsp3) is 0.900. The normalized spacial score (nSPS) is 34.5. The van der Waals surface area contributed by atoms with Crippen molar-refractivity contribution in [3.63, 3.8) is 0 Å². The van der Waals surface area contributed by atoms with Crippen LogP contribution in [0, 0.1) is 0 Å². The van der Waals surface area contributed by atoms with Crippen molar-refractivity contribution in [2.45, 2.75) is 31.9 Å². The topological polar surface area (TPSA) is 50.8 Å². The molecule has 0 bridgehead atoms. The van der Waals surface area contributed by atoms with Crippen molar-refractivity contribution < 1.29 is 4.74 Å². The summed E-state index contributed by atoms with van der Waals surface area (Å²) < 4.78 is 5.71. The maximum absolute atomic E-state index is 5.84. The van der Waals surface area contributed by atoms with Gasteiger partial charge in [0.25, 0.3) is 0 Å². The maximum atomic E-state index is 5.84. The number of hydrogen-bond donors (Lipinski definition) is 1. The minimum atomic E-state index is 0.0318. The number of rotatable bonds is 2. The quantitative estimate of drug-likeness (QED) is 0.509. The minimum Gasteiger partial charge on any atom is -0.385 e. The van der Waals surface area contributed by atoms with Gasteiger partial charge in [0.15, 0.2) is 0 Å². The Morgan fingerprint density at radius 2 is 2.50 bits per heavy atom. The first-order chi connectivity index (χ1) is 6.81. The van der Waals surface area contributed by atoms with Crippen LogP contribution in [0.15, 0.2) is 4.99 Å². The van der Waals surface area contributed by atoms with E-state index in [0.29, 0.717) is 11.9 Å². The maximum Gasteiger partial charge on any atom is 0.127 e. The van der Waals surface area contributed by atoms with E-state index in [9.17, 15) is 0 Å². The van der Waals surface area contributed by atoms with E-state index in [4.69, 9.17) is 10.5 Å². The van der Waals surface area contributed by atoms with Crippen LogP contribution in [-0.4, -0.2) is 49.1 Å². The summed E-state index contributed by atoms with van der Waals surface area (Å²) >= 11 is 0.